The molecule has 0 aliphatic heterocycles. The Bertz CT molecular complexity index is 1290. The van der Waals surface area contributed by atoms with Crippen LogP contribution < -0.4 is 14.8 Å². The third-order valence-corrected chi connectivity index (χ3v) is 6.28. The van der Waals surface area contributed by atoms with Gasteiger partial charge in [0.1, 0.15) is 18.2 Å². The molecule has 0 aromatic heterocycles. The van der Waals surface area contributed by atoms with Crippen LogP contribution in [0.25, 0.3) is 6.08 Å². The molecule has 0 bridgehead atoms. The predicted molar refractivity (Wildman–Crippen MR) is 140 cm³/mol. The highest BCUT2D eigenvalue weighted by Crippen LogP contribution is 2.36. The monoisotopic (exact) mass is 578 g/mol. The molecule has 0 aliphatic carbocycles. The van der Waals surface area contributed by atoms with Gasteiger partial charge in [0.15, 0.2) is 11.5 Å². The van der Waals surface area contributed by atoms with Gasteiger partial charge in [0.05, 0.1) is 27.4 Å². The first-order chi connectivity index (χ1) is 16.3. The summed E-state index contributed by atoms with van der Waals surface area (Å²) in [4.78, 5) is 12.6. The number of carbonyl (C=O) groups is 1. The molecule has 0 unspecified atom stereocenters. The second kappa shape index (κ2) is 12.1. The fourth-order valence-electron chi connectivity index (χ4n) is 2.89. The van der Waals surface area contributed by atoms with Crippen LogP contribution in [0, 0.1) is 11.3 Å². The van der Waals surface area contributed by atoms with Crippen LogP contribution in [0.1, 0.15) is 18.1 Å². The molecule has 0 heterocycles. The van der Waals surface area contributed by atoms with Crippen LogP contribution in [-0.4, -0.2) is 12.5 Å². The van der Waals surface area contributed by atoms with E-state index in [0.29, 0.717) is 48.9 Å². The summed E-state index contributed by atoms with van der Waals surface area (Å²) in [6.07, 6.45) is 1.46. The summed E-state index contributed by atoms with van der Waals surface area (Å²) in [5.74, 6) is 0.359. The maximum Gasteiger partial charge on any atom is 0.266 e. The van der Waals surface area contributed by atoms with E-state index in [-0.39, 0.29) is 12.2 Å². The first kappa shape index (κ1) is 25.9. The quantitative estimate of drug-likeness (QED) is 0.217. The molecule has 0 saturated carbocycles. The van der Waals surface area contributed by atoms with E-state index < -0.39 is 5.91 Å². The Balaban J connectivity index is 1.86. The number of nitrogens with one attached hydrogen (secondary N) is 1. The maximum absolute atomic E-state index is 12.6. The van der Waals surface area contributed by atoms with Crippen LogP contribution in [-0.2, 0) is 11.4 Å². The van der Waals surface area contributed by atoms with Gasteiger partial charge in [-0.2, -0.15) is 5.26 Å². The summed E-state index contributed by atoms with van der Waals surface area (Å²) in [5.41, 5.74) is 1.71. The predicted octanol–water partition coefficient (Wildman–Crippen LogP) is 7.93. The molecule has 34 heavy (non-hydrogen) atoms. The third-order valence-electron chi connectivity index (χ3n) is 4.53. The van der Waals surface area contributed by atoms with E-state index in [1.807, 2.05) is 19.1 Å². The van der Waals surface area contributed by atoms with Crippen LogP contribution in [0.3, 0.4) is 0 Å². The minimum Gasteiger partial charge on any atom is -0.490 e. The van der Waals surface area contributed by atoms with Gasteiger partial charge >= 0.3 is 0 Å². The average molecular weight is 581 g/mol. The van der Waals surface area contributed by atoms with Crippen molar-refractivity contribution < 1.29 is 14.3 Å². The Hall–Kier alpha value is -2.69. The van der Waals surface area contributed by atoms with E-state index in [1.54, 1.807) is 48.5 Å². The SMILES string of the molecule is CCOc1cc(/C=C(\C#N)C(=O)Nc2ccccc2Cl)c(Br)cc1OCc1ccc(Cl)c(Cl)c1. The molecule has 0 radical (unpaired) electrons. The van der Waals surface area contributed by atoms with Crippen molar-refractivity contribution in [2.75, 3.05) is 11.9 Å². The number of para-hydroxylation sites is 1. The summed E-state index contributed by atoms with van der Waals surface area (Å²) < 4.78 is 12.3. The van der Waals surface area contributed by atoms with Gasteiger partial charge < -0.3 is 14.8 Å². The van der Waals surface area contributed by atoms with E-state index >= 15 is 0 Å². The Morgan fingerprint density at radius 2 is 1.76 bits per heavy atom. The molecule has 9 heteroatoms. The van der Waals surface area contributed by atoms with E-state index in [1.165, 1.54) is 6.08 Å². The van der Waals surface area contributed by atoms with E-state index in [9.17, 15) is 10.1 Å². The molecule has 3 aromatic carbocycles. The van der Waals surface area contributed by atoms with Crippen molar-refractivity contribution in [1.82, 2.24) is 0 Å². The highest BCUT2D eigenvalue weighted by molar-refractivity contribution is 9.10. The van der Waals surface area contributed by atoms with Crippen molar-refractivity contribution in [3.8, 4) is 17.6 Å². The van der Waals surface area contributed by atoms with Crippen molar-refractivity contribution in [3.63, 3.8) is 0 Å². The second-order valence-corrected chi connectivity index (χ2v) is 8.97. The zero-order chi connectivity index (χ0) is 24.7. The number of halogens is 4. The number of anilines is 1. The Morgan fingerprint density at radius 1 is 1.03 bits per heavy atom. The lowest BCUT2D eigenvalue weighted by Gasteiger charge is -2.14. The van der Waals surface area contributed by atoms with Gasteiger partial charge in [-0.15, -0.1) is 0 Å². The average Bonchev–Trinajstić information content (AvgIpc) is 2.81. The molecule has 5 nitrogen and oxygen atoms in total. The Morgan fingerprint density at radius 3 is 2.44 bits per heavy atom. The fourth-order valence-corrected chi connectivity index (χ4v) is 3.83. The molecule has 0 fully saturated rings. The highest BCUT2D eigenvalue weighted by atomic mass is 79.9. The van der Waals surface area contributed by atoms with E-state index in [2.05, 4.69) is 21.2 Å². The third kappa shape index (κ3) is 6.68. The minimum atomic E-state index is -0.583. The molecule has 0 atom stereocenters. The number of carbonyl (C=O) groups excluding carboxylic acids is 1. The fraction of sp³-hybridized carbons (Fsp3) is 0.120. The lowest BCUT2D eigenvalue weighted by molar-refractivity contribution is -0.112. The van der Waals surface area contributed by atoms with Crippen LogP contribution in [0.5, 0.6) is 11.5 Å². The van der Waals surface area contributed by atoms with Gasteiger partial charge in [0.2, 0.25) is 0 Å². The number of nitriles is 1. The second-order valence-electron chi connectivity index (χ2n) is 6.89. The first-order valence-electron chi connectivity index (χ1n) is 10.0. The van der Waals surface area contributed by atoms with Gasteiger partial charge in [0, 0.05) is 4.47 Å². The number of hydrogen-bond donors (Lipinski definition) is 1. The molecule has 3 rings (SSSR count). The Kier molecular flexibility index (Phi) is 9.26. The van der Waals surface area contributed by atoms with Gasteiger partial charge in [0.25, 0.3) is 5.91 Å². The molecular formula is C25H18BrCl3N2O3. The number of rotatable bonds is 8. The van der Waals surface area contributed by atoms with Gasteiger partial charge in [-0.05, 0) is 60.5 Å². The van der Waals surface area contributed by atoms with Gasteiger partial charge in [-0.3, -0.25) is 4.79 Å². The maximum atomic E-state index is 12.6. The largest absolute Gasteiger partial charge is 0.490 e. The summed E-state index contributed by atoms with van der Waals surface area (Å²) in [6.45, 7) is 2.48. The van der Waals surface area contributed by atoms with E-state index in [0.717, 1.165) is 5.56 Å². The van der Waals surface area contributed by atoms with E-state index in [4.69, 9.17) is 44.3 Å². The van der Waals surface area contributed by atoms with Crippen LogP contribution in [0.15, 0.2) is 64.6 Å². The minimum absolute atomic E-state index is 0.104. The number of benzene rings is 3. The van der Waals surface area contributed by atoms with Crippen molar-refractivity contribution >= 4 is 68.4 Å². The van der Waals surface area contributed by atoms with Crippen LogP contribution in [0.4, 0.5) is 5.69 Å². The number of hydrogen-bond acceptors (Lipinski definition) is 4. The molecule has 0 saturated heterocycles. The molecular weight excluding hydrogens is 563 g/mol. The zero-order valence-corrected chi connectivity index (χ0v) is 21.7. The van der Waals surface area contributed by atoms with Crippen LogP contribution in [0.2, 0.25) is 15.1 Å². The molecule has 1 amide bonds. The molecule has 3 aromatic rings. The molecule has 174 valence electrons. The zero-order valence-electron chi connectivity index (χ0n) is 17.9. The summed E-state index contributed by atoms with van der Waals surface area (Å²) >= 11 is 21.6. The summed E-state index contributed by atoms with van der Waals surface area (Å²) in [7, 11) is 0. The summed E-state index contributed by atoms with van der Waals surface area (Å²) in [5, 5.41) is 13.5. The van der Waals surface area contributed by atoms with Crippen molar-refractivity contribution in [1.29, 1.82) is 5.26 Å². The molecule has 1 N–H and O–H groups in total. The smallest absolute Gasteiger partial charge is 0.266 e. The topological polar surface area (TPSA) is 71.3 Å². The van der Waals surface area contributed by atoms with Gasteiger partial charge in [-0.25, -0.2) is 0 Å². The van der Waals surface area contributed by atoms with Crippen molar-refractivity contribution in [2.45, 2.75) is 13.5 Å². The lowest BCUT2D eigenvalue weighted by Crippen LogP contribution is -2.13. The van der Waals surface area contributed by atoms with Crippen molar-refractivity contribution in [3.05, 3.63) is 90.8 Å². The normalized spacial score (nSPS) is 11.0. The molecule has 0 aliphatic rings. The number of amides is 1. The number of ether oxygens (including phenoxy) is 2. The first-order valence-corrected chi connectivity index (χ1v) is 12.0. The standard InChI is InChI=1S/C25H18BrCl3N2O3/c1-2-33-23-11-16(10-17(13-30)25(32)31-22-6-4-3-5-20(22)28)18(26)12-24(23)34-14-15-7-8-19(27)21(29)9-15/h3-12H,2,14H2,1H3,(H,31,32)/b17-10+. The summed E-state index contributed by atoms with van der Waals surface area (Å²) in [6, 6.07) is 17.4. The Labute approximate surface area is 221 Å². The molecule has 0 spiro atoms. The lowest BCUT2D eigenvalue weighted by atomic mass is 10.1. The van der Waals surface area contributed by atoms with Gasteiger partial charge in [-0.1, -0.05) is 68.9 Å². The van der Waals surface area contributed by atoms with Crippen molar-refractivity contribution in [2.24, 2.45) is 0 Å². The van der Waals surface area contributed by atoms with Crippen LogP contribution >= 0.6 is 50.7 Å². The highest BCUT2D eigenvalue weighted by Gasteiger charge is 2.15. The number of nitrogens with zero attached hydrogens (tertiary/aromatic N) is 1.